The molecule has 0 saturated carbocycles. The van der Waals surface area contributed by atoms with E-state index in [0.717, 1.165) is 0 Å². The minimum absolute atomic E-state index is 0.0844. The molecule has 0 saturated heterocycles. The molecule has 0 bridgehead atoms. The van der Waals surface area contributed by atoms with Crippen LogP contribution in [0.5, 0.6) is 0 Å². The second-order valence-corrected chi connectivity index (χ2v) is 3.23. The van der Waals surface area contributed by atoms with Crippen molar-refractivity contribution in [1.29, 1.82) is 0 Å². The molecule has 0 atom stereocenters. The summed E-state index contributed by atoms with van der Waals surface area (Å²) >= 11 is 5.84. The maximum atomic E-state index is 11.2. The molecule has 0 aliphatic carbocycles. The zero-order valence-corrected chi connectivity index (χ0v) is 9.00. The van der Waals surface area contributed by atoms with Crippen LogP contribution in [0.3, 0.4) is 0 Å². The number of nitrogens with one attached hydrogen (secondary N) is 1. The van der Waals surface area contributed by atoms with Crippen LogP contribution >= 0.6 is 11.6 Å². The van der Waals surface area contributed by atoms with Crippen molar-refractivity contribution in [3.8, 4) is 0 Å². The molecule has 0 fully saturated rings. The van der Waals surface area contributed by atoms with Gasteiger partial charge < -0.3 is 9.88 Å². The van der Waals surface area contributed by atoms with Crippen LogP contribution in [-0.2, 0) is 0 Å². The number of rotatable bonds is 5. The van der Waals surface area contributed by atoms with E-state index in [1.165, 1.54) is 6.33 Å². The van der Waals surface area contributed by atoms with Gasteiger partial charge in [0.15, 0.2) is 5.82 Å². The van der Waals surface area contributed by atoms with Crippen molar-refractivity contribution in [3.05, 3.63) is 47.0 Å². The largest absolute Gasteiger partial charge is 0.348 e. The number of halogens is 1. The van der Waals surface area contributed by atoms with Crippen molar-refractivity contribution in [2.45, 2.75) is 0 Å². The summed E-state index contributed by atoms with van der Waals surface area (Å²) in [4.78, 5) is 19.5. The lowest BCUT2D eigenvalue weighted by atomic mass is 10.4. The van der Waals surface area contributed by atoms with Gasteiger partial charge >= 0.3 is 0 Å². The first-order valence-corrected chi connectivity index (χ1v) is 4.78. The normalized spacial score (nSPS) is 9.67. The summed E-state index contributed by atoms with van der Waals surface area (Å²) in [6.45, 7) is 8.37. The molecule has 1 N–H and O–H groups in total. The molecule has 0 radical (unpaired) electrons. The maximum absolute atomic E-state index is 11.2. The highest BCUT2D eigenvalue weighted by Gasteiger charge is 2.11. The fraction of sp³-hybridized carbons (Fsp3) is 0.200. The third-order valence-corrected chi connectivity index (χ3v) is 2.12. The highest BCUT2D eigenvalue weighted by atomic mass is 35.5. The summed E-state index contributed by atoms with van der Waals surface area (Å²) in [6, 6.07) is 0. The van der Waals surface area contributed by atoms with Crippen LogP contribution < -0.4 is 10.5 Å². The van der Waals surface area contributed by atoms with E-state index in [2.05, 4.69) is 23.1 Å². The number of H-pyrrole nitrogens is 1. The van der Waals surface area contributed by atoms with Gasteiger partial charge in [0.25, 0.3) is 5.56 Å². The van der Waals surface area contributed by atoms with Crippen LogP contribution in [0.15, 0.2) is 36.4 Å². The molecule has 1 aromatic heterocycles. The summed E-state index contributed by atoms with van der Waals surface area (Å²) < 4.78 is 0. The minimum atomic E-state index is -0.347. The fourth-order valence-electron chi connectivity index (χ4n) is 1.15. The highest BCUT2D eigenvalue weighted by Crippen LogP contribution is 2.17. The Balaban J connectivity index is 3.09. The van der Waals surface area contributed by atoms with E-state index in [9.17, 15) is 4.79 Å². The first kappa shape index (κ1) is 11.5. The second-order valence-electron chi connectivity index (χ2n) is 2.85. The average Bonchev–Trinajstić information content (AvgIpc) is 2.22. The maximum Gasteiger partial charge on any atom is 0.271 e. The van der Waals surface area contributed by atoms with Crippen LogP contribution in [0.4, 0.5) is 5.82 Å². The van der Waals surface area contributed by atoms with E-state index >= 15 is 0 Å². The van der Waals surface area contributed by atoms with Crippen molar-refractivity contribution < 1.29 is 0 Å². The molecule has 1 rings (SSSR count). The van der Waals surface area contributed by atoms with Gasteiger partial charge in [-0.05, 0) is 0 Å². The summed E-state index contributed by atoms with van der Waals surface area (Å²) in [5.41, 5.74) is -0.347. The molecule has 0 aliphatic rings. The summed E-state index contributed by atoms with van der Waals surface area (Å²) in [5.74, 6) is 0.445. The Kier molecular flexibility index (Phi) is 4.12. The van der Waals surface area contributed by atoms with Crippen molar-refractivity contribution in [2.24, 2.45) is 0 Å². The van der Waals surface area contributed by atoms with Crippen LogP contribution in [0.25, 0.3) is 0 Å². The van der Waals surface area contributed by atoms with E-state index in [0.29, 0.717) is 18.9 Å². The predicted octanol–water partition coefficient (Wildman–Crippen LogP) is 1.60. The molecule has 80 valence electrons. The SMILES string of the molecule is C=CCN(CC=C)c1nc[nH]c(=O)c1Cl. The zero-order chi connectivity index (χ0) is 11.3. The quantitative estimate of drug-likeness (QED) is 0.775. The topological polar surface area (TPSA) is 49.0 Å². The molecule has 1 aromatic rings. The molecular formula is C10H12ClN3O. The van der Waals surface area contributed by atoms with Crippen LogP contribution in [0, 0.1) is 0 Å². The van der Waals surface area contributed by atoms with Gasteiger partial charge in [-0.15, -0.1) is 13.2 Å². The second kappa shape index (κ2) is 5.36. The Labute approximate surface area is 92.9 Å². The molecule has 0 aliphatic heterocycles. The fourth-order valence-corrected chi connectivity index (χ4v) is 1.38. The Morgan fingerprint density at radius 3 is 2.60 bits per heavy atom. The Morgan fingerprint density at radius 2 is 2.07 bits per heavy atom. The number of hydrogen-bond acceptors (Lipinski definition) is 3. The minimum Gasteiger partial charge on any atom is -0.348 e. The van der Waals surface area contributed by atoms with Gasteiger partial charge in [-0.25, -0.2) is 4.98 Å². The summed E-state index contributed by atoms with van der Waals surface area (Å²) in [6.07, 6.45) is 4.74. The van der Waals surface area contributed by atoms with Gasteiger partial charge in [0.1, 0.15) is 5.02 Å². The van der Waals surface area contributed by atoms with Gasteiger partial charge in [-0.2, -0.15) is 0 Å². The molecule has 0 spiro atoms. The van der Waals surface area contributed by atoms with Crippen LogP contribution in [-0.4, -0.2) is 23.1 Å². The number of nitrogens with zero attached hydrogens (tertiary/aromatic N) is 2. The van der Waals surface area contributed by atoms with Crippen molar-refractivity contribution >= 4 is 17.4 Å². The Bertz CT molecular complexity index is 403. The van der Waals surface area contributed by atoms with Crippen LogP contribution in [0.1, 0.15) is 0 Å². The van der Waals surface area contributed by atoms with Gasteiger partial charge in [0.2, 0.25) is 0 Å². The zero-order valence-electron chi connectivity index (χ0n) is 8.24. The van der Waals surface area contributed by atoms with Gasteiger partial charge in [-0.1, -0.05) is 23.8 Å². The van der Waals surface area contributed by atoms with Crippen molar-refractivity contribution in [2.75, 3.05) is 18.0 Å². The lowest BCUT2D eigenvalue weighted by Crippen LogP contribution is -2.26. The standard InChI is InChI=1S/C10H12ClN3O/c1-3-5-14(6-4-2)9-8(11)10(15)13-7-12-9/h3-4,7H,1-2,5-6H2,(H,12,13,15). The van der Waals surface area contributed by atoms with E-state index in [4.69, 9.17) is 11.6 Å². The first-order chi connectivity index (χ1) is 7.20. The molecular weight excluding hydrogens is 214 g/mol. The lowest BCUT2D eigenvalue weighted by molar-refractivity contribution is 0.912. The van der Waals surface area contributed by atoms with Gasteiger partial charge in [-0.3, -0.25) is 4.79 Å². The number of hydrogen-bond donors (Lipinski definition) is 1. The summed E-state index contributed by atoms with van der Waals surface area (Å²) in [7, 11) is 0. The Hall–Kier alpha value is -1.55. The smallest absolute Gasteiger partial charge is 0.271 e. The molecule has 1 heterocycles. The molecule has 5 heteroatoms. The average molecular weight is 226 g/mol. The van der Waals surface area contributed by atoms with Gasteiger partial charge in [0, 0.05) is 13.1 Å². The molecule has 0 unspecified atom stereocenters. The van der Waals surface area contributed by atoms with Crippen molar-refractivity contribution in [1.82, 2.24) is 9.97 Å². The lowest BCUT2D eigenvalue weighted by Gasteiger charge is -2.20. The predicted molar refractivity (Wildman–Crippen MR) is 62.5 cm³/mol. The van der Waals surface area contributed by atoms with E-state index in [1.54, 1.807) is 17.1 Å². The van der Waals surface area contributed by atoms with E-state index in [1.807, 2.05) is 0 Å². The molecule has 0 aromatic carbocycles. The third-order valence-electron chi connectivity index (χ3n) is 1.78. The third kappa shape index (κ3) is 2.70. The number of anilines is 1. The van der Waals surface area contributed by atoms with Gasteiger partial charge in [0.05, 0.1) is 6.33 Å². The summed E-state index contributed by atoms with van der Waals surface area (Å²) in [5, 5.41) is 0.0844. The molecule has 4 nitrogen and oxygen atoms in total. The highest BCUT2D eigenvalue weighted by molar-refractivity contribution is 6.32. The van der Waals surface area contributed by atoms with E-state index < -0.39 is 0 Å². The van der Waals surface area contributed by atoms with Crippen LogP contribution in [0.2, 0.25) is 5.02 Å². The van der Waals surface area contributed by atoms with E-state index in [-0.39, 0.29) is 10.6 Å². The Morgan fingerprint density at radius 1 is 1.47 bits per heavy atom. The molecule has 0 amide bonds. The number of aromatic nitrogens is 2. The number of aromatic amines is 1. The molecule has 15 heavy (non-hydrogen) atoms. The monoisotopic (exact) mass is 225 g/mol. The van der Waals surface area contributed by atoms with Crippen molar-refractivity contribution in [3.63, 3.8) is 0 Å². The first-order valence-electron chi connectivity index (χ1n) is 4.40.